The van der Waals surface area contributed by atoms with E-state index in [1.54, 1.807) is 24.3 Å². The Morgan fingerprint density at radius 1 is 1.00 bits per heavy atom. The lowest BCUT2D eigenvalue weighted by molar-refractivity contribution is 0.0728. The van der Waals surface area contributed by atoms with Crippen molar-refractivity contribution < 1.29 is 21.6 Å². The highest BCUT2D eigenvalue weighted by Crippen LogP contribution is 2.22. The van der Waals surface area contributed by atoms with Crippen LogP contribution in [0, 0.1) is 0 Å². The lowest BCUT2D eigenvalue weighted by Crippen LogP contribution is -2.29. The van der Waals surface area contributed by atoms with Crippen LogP contribution >= 0.6 is 0 Å². The molecular formula is C22H28N4O6S2. The highest BCUT2D eigenvalue weighted by atomic mass is 32.2. The lowest BCUT2D eigenvalue weighted by Gasteiger charge is -2.14. The van der Waals surface area contributed by atoms with E-state index in [0.717, 1.165) is 12.5 Å². The van der Waals surface area contributed by atoms with Crippen LogP contribution in [-0.2, 0) is 31.0 Å². The van der Waals surface area contributed by atoms with Gasteiger partial charge in [0.2, 0.25) is 0 Å². The second-order valence-corrected chi connectivity index (χ2v) is 12.5. The van der Waals surface area contributed by atoms with E-state index in [0.29, 0.717) is 22.4 Å². The third-order valence-corrected chi connectivity index (χ3v) is 6.97. The minimum atomic E-state index is -3.32. The van der Waals surface area contributed by atoms with Crippen molar-refractivity contribution >= 4 is 36.7 Å². The molecule has 12 heteroatoms. The van der Waals surface area contributed by atoms with Crippen LogP contribution in [0.5, 0.6) is 0 Å². The molecule has 1 aromatic carbocycles. The van der Waals surface area contributed by atoms with Crippen molar-refractivity contribution in [2.24, 2.45) is 0 Å². The molecular weight excluding hydrogens is 480 g/mol. The summed E-state index contributed by atoms with van der Waals surface area (Å²) < 4.78 is 53.4. The molecule has 0 aliphatic carbocycles. The average Bonchev–Trinajstić information content (AvgIpc) is 2.74. The van der Waals surface area contributed by atoms with Crippen LogP contribution in [0.3, 0.4) is 0 Å². The van der Waals surface area contributed by atoms with Gasteiger partial charge in [0.05, 0.1) is 35.6 Å². The Kier molecular flexibility index (Phi) is 7.74. The standard InChI is InChI=1S/C22H28N4O6S2/c1-15(2)32-13-12-26-21-19(24-20(22(26)27)23-11-14-33(3,28)29)10-9-18(25-21)16-5-7-17(8-6-16)34(4,30)31/h5-10,15H,11-14H2,1-4H3,(H,23,24). The molecule has 2 heterocycles. The number of hydrogen-bond donors (Lipinski definition) is 1. The van der Waals surface area contributed by atoms with Crippen LogP contribution in [-0.4, -0.2) is 68.9 Å². The van der Waals surface area contributed by atoms with Crippen molar-refractivity contribution in [1.29, 1.82) is 0 Å². The number of aromatic nitrogens is 3. The van der Waals surface area contributed by atoms with E-state index in [9.17, 15) is 21.6 Å². The first-order valence-electron chi connectivity index (χ1n) is 10.6. The summed E-state index contributed by atoms with van der Waals surface area (Å²) in [6.07, 6.45) is 2.24. The topological polar surface area (TPSA) is 137 Å². The molecule has 0 amide bonds. The molecule has 2 aromatic heterocycles. The number of anilines is 1. The molecule has 0 radical (unpaired) electrons. The van der Waals surface area contributed by atoms with Gasteiger partial charge in [0.15, 0.2) is 21.3 Å². The number of nitrogens with one attached hydrogen (secondary N) is 1. The predicted molar refractivity (Wildman–Crippen MR) is 132 cm³/mol. The molecule has 184 valence electrons. The van der Waals surface area contributed by atoms with E-state index in [1.807, 2.05) is 13.8 Å². The van der Waals surface area contributed by atoms with Gasteiger partial charge in [-0.25, -0.2) is 26.8 Å². The van der Waals surface area contributed by atoms with Gasteiger partial charge in [-0.15, -0.1) is 0 Å². The summed E-state index contributed by atoms with van der Waals surface area (Å²) in [7, 11) is -6.52. The van der Waals surface area contributed by atoms with Gasteiger partial charge in [-0.3, -0.25) is 9.36 Å². The zero-order chi connectivity index (χ0) is 25.1. The number of rotatable bonds is 10. The van der Waals surface area contributed by atoms with Crippen LogP contribution in [0.1, 0.15) is 13.8 Å². The molecule has 0 saturated heterocycles. The Hall–Kier alpha value is -2.83. The van der Waals surface area contributed by atoms with Crippen molar-refractivity contribution in [3.8, 4) is 11.3 Å². The molecule has 1 N–H and O–H groups in total. The summed E-state index contributed by atoms with van der Waals surface area (Å²) in [6, 6.07) is 9.76. The summed E-state index contributed by atoms with van der Waals surface area (Å²) in [5.74, 6) is -0.101. The van der Waals surface area contributed by atoms with Gasteiger partial charge in [0, 0.05) is 24.6 Å². The smallest absolute Gasteiger partial charge is 0.295 e. The Labute approximate surface area is 198 Å². The number of ether oxygens (including phenoxy) is 1. The number of fused-ring (bicyclic) bond motifs is 1. The fraction of sp³-hybridized carbons (Fsp3) is 0.409. The first kappa shape index (κ1) is 25.8. The Balaban J connectivity index is 2.04. The number of sulfone groups is 2. The van der Waals surface area contributed by atoms with Crippen molar-refractivity contribution in [2.45, 2.75) is 31.4 Å². The van der Waals surface area contributed by atoms with Crippen LogP contribution in [0.4, 0.5) is 5.82 Å². The second-order valence-electron chi connectivity index (χ2n) is 8.23. The maximum atomic E-state index is 13.1. The molecule has 0 fully saturated rings. The summed E-state index contributed by atoms with van der Waals surface area (Å²) in [4.78, 5) is 22.3. The largest absolute Gasteiger partial charge is 0.377 e. The highest BCUT2D eigenvalue weighted by Gasteiger charge is 2.15. The summed E-state index contributed by atoms with van der Waals surface area (Å²) in [5, 5.41) is 2.82. The van der Waals surface area contributed by atoms with Gasteiger partial charge in [-0.2, -0.15) is 0 Å². The fourth-order valence-corrected chi connectivity index (χ4v) is 4.31. The predicted octanol–water partition coefficient (Wildman–Crippen LogP) is 1.74. The molecule has 0 atom stereocenters. The van der Waals surface area contributed by atoms with Crippen molar-refractivity contribution in [1.82, 2.24) is 14.5 Å². The van der Waals surface area contributed by atoms with Crippen molar-refractivity contribution in [3.05, 3.63) is 46.8 Å². The maximum Gasteiger partial charge on any atom is 0.295 e. The molecule has 0 bridgehead atoms. The van der Waals surface area contributed by atoms with E-state index in [2.05, 4.69) is 15.3 Å². The van der Waals surface area contributed by atoms with E-state index in [1.165, 1.54) is 16.7 Å². The zero-order valence-electron chi connectivity index (χ0n) is 19.5. The van der Waals surface area contributed by atoms with E-state index < -0.39 is 25.2 Å². The minimum Gasteiger partial charge on any atom is -0.377 e. The molecule has 10 nitrogen and oxygen atoms in total. The SMILES string of the molecule is CC(C)OCCn1c(=O)c(NCCS(C)(=O)=O)nc2ccc(-c3ccc(S(C)(=O)=O)cc3)nc21. The molecule has 0 aliphatic heterocycles. The van der Waals surface area contributed by atoms with Crippen molar-refractivity contribution in [2.75, 3.05) is 36.7 Å². The zero-order valence-corrected chi connectivity index (χ0v) is 21.1. The molecule has 3 aromatic rings. The van der Waals surface area contributed by atoms with Gasteiger partial charge >= 0.3 is 0 Å². The van der Waals surface area contributed by atoms with E-state index in [-0.39, 0.29) is 42.3 Å². The second kappa shape index (κ2) is 10.2. The van der Waals surface area contributed by atoms with Gasteiger partial charge in [-0.1, -0.05) is 12.1 Å². The lowest BCUT2D eigenvalue weighted by atomic mass is 10.1. The van der Waals surface area contributed by atoms with Crippen LogP contribution in [0.15, 0.2) is 46.1 Å². The summed E-state index contributed by atoms with van der Waals surface area (Å²) in [5.41, 5.74) is 1.58. The Morgan fingerprint density at radius 2 is 1.68 bits per heavy atom. The fourth-order valence-electron chi connectivity index (χ4n) is 3.21. The molecule has 0 spiro atoms. The summed E-state index contributed by atoms with van der Waals surface area (Å²) >= 11 is 0. The van der Waals surface area contributed by atoms with Gasteiger partial charge in [-0.05, 0) is 38.1 Å². The normalized spacial score (nSPS) is 12.4. The monoisotopic (exact) mass is 508 g/mol. The van der Waals surface area contributed by atoms with Crippen LogP contribution in [0.25, 0.3) is 22.4 Å². The van der Waals surface area contributed by atoms with Crippen LogP contribution < -0.4 is 10.9 Å². The van der Waals surface area contributed by atoms with Gasteiger partial charge in [0.1, 0.15) is 15.4 Å². The molecule has 0 aliphatic rings. The maximum absolute atomic E-state index is 13.1. The van der Waals surface area contributed by atoms with Gasteiger partial charge < -0.3 is 10.1 Å². The first-order chi connectivity index (χ1) is 15.8. The Bertz CT molecular complexity index is 1450. The third kappa shape index (κ3) is 6.61. The molecule has 3 rings (SSSR count). The molecule has 34 heavy (non-hydrogen) atoms. The third-order valence-electron chi connectivity index (χ3n) is 4.90. The average molecular weight is 509 g/mol. The number of nitrogens with zero attached hydrogens (tertiary/aromatic N) is 3. The van der Waals surface area contributed by atoms with Gasteiger partial charge in [0.25, 0.3) is 5.56 Å². The van der Waals surface area contributed by atoms with Crippen LogP contribution in [0.2, 0.25) is 0 Å². The molecule has 0 saturated carbocycles. The molecule has 0 unspecified atom stereocenters. The quantitative estimate of drug-likeness (QED) is 0.434. The van der Waals surface area contributed by atoms with E-state index >= 15 is 0 Å². The van der Waals surface area contributed by atoms with E-state index in [4.69, 9.17) is 4.74 Å². The van der Waals surface area contributed by atoms with Crippen molar-refractivity contribution in [3.63, 3.8) is 0 Å². The number of hydrogen-bond acceptors (Lipinski definition) is 9. The minimum absolute atomic E-state index is 0.0203. The number of benzene rings is 1. The summed E-state index contributed by atoms with van der Waals surface area (Å²) in [6.45, 7) is 4.33. The first-order valence-corrected chi connectivity index (χ1v) is 14.6. The highest BCUT2D eigenvalue weighted by molar-refractivity contribution is 7.91. The Morgan fingerprint density at radius 3 is 2.26 bits per heavy atom. The number of pyridine rings is 1.